The number of nitrogens with zero attached hydrogens (tertiary/aromatic N) is 3. The van der Waals surface area contributed by atoms with Crippen molar-refractivity contribution in [2.24, 2.45) is 0 Å². The summed E-state index contributed by atoms with van der Waals surface area (Å²) in [5.41, 5.74) is 19.7. The smallest absolute Gasteiger partial charge is 0.0538 e. The van der Waals surface area contributed by atoms with Crippen molar-refractivity contribution >= 4 is 179 Å². The van der Waals surface area contributed by atoms with Gasteiger partial charge in [0.1, 0.15) is 0 Å². The fraction of sp³-hybridized carbons (Fsp3) is 0.00980. The molecular formula is C102H64N4S2. The number of fused-ring (bicyclic) bond motifs is 18. The van der Waals surface area contributed by atoms with Crippen LogP contribution >= 0.6 is 22.7 Å². The summed E-state index contributed by atoms with van der Waals surface area (Å²) in [6.45, 7) is 0.844. The number of aromatic nitrogens is 1. The van der Waals surface area contributed by atoms with Gasteiger partial charge < -0.3 is 15.1 Å². The van der Waals surface area contributed by atoms with Gasteiger partial charge in [-0.1, -0.05) is 224 Å². The van der Waals surface area contributed by atoms with Crippen LogP contribution < -0.4 is 15.1 Å². The first-order valence-corrected chi connectivity index (χ1v) is 38.6. The van der Waals surface area contributed by atoms with Gasteiger partial charge in [-0.3, -0.25) is 4.98 Å². The van der Waals surface area contributed by atoms with Gasteiger partial charge >= 0.3 is 0 Å². The number of thiophene rings is 2. The average Bonchev–Trinajstić information content (AvgIpc) is 0.851. The van der Waals surface area contributed by atoms with Crippen molar-refractivity contribution in [3.63, 3.8) is 0 Å². The van der Waals surface area contributed by atoms with Crippen molar-refractivity contribution in [3.05, 3.63) is 375 Å². The monoisotopic (exact) mass is 1410 g/mol. The normalized spacial score (nSPS) is 12.3. The van der Waals surface area contributed by atoms with Gasteiger partial charge in [0.05, 0.1) is 4.70 Å². The van der Waals surface area contributed by atoms with Gasteiger partial charge in [0.2, 0.25) is 0 Å². The van der Waals surface area contributed by atoms with E-state index in [1.807, 2.05) is 23.7 Å². The van der Waals surface area contributed by atoms with E-state index in [0.29, 0.717) is 0 Å². The molecule has 108 heavy (non-hydrogen) atoms. The molecule has 22 rings (SSSR count). The number of rotatable bonds is 11. The Bertz CT molecular complexity index is 7290. The fourth-order valence-electron chi connectivity index (χ4n) is 17.4. The topological polar surface area (TPSA) is 31.4 Å². The Morgan fingerprint density at radius 3 is 1.16 bits per heavy atom. The standard InChI is InChI=1S/C102H64N4S2/c1-4-16-79-69(13-1)55-93(86-22-10-7-19-83(79)86)63-25-35-73(36-26-63)105(77-44-48-99-98(59-77)92-50-52-104-62-102(92)107-99)74-41-31-66(32-42-74)96-57-71-15-3-6-18-81(71)89-46-34-68(54-97(89)96)67-33-45-82-72(53-67)58-95(88-24-12-9-21-85(82)88)65-29-39-76(40-30-65)106(78-43-47-90-91-49-51-103-61-101(91)108-100(90)60-78)75-37-27-64(28-38-75)94-56-70-14-2-5-17-80(70)84-20-8-11-23-87(84)94/h1-60,62,103H,61H2. The van der Waals surface area contributed by atoms with Gasteiger partial charge in [-0.15, -0.1) is 22.7 Å². The van der Waals surface area contributed by atoms with Crippen LogP contribution in [0.4, 0.5) is 34.1 Å². The molecule has 18 aromatic carbocycles. The quantitative estimate of drug-likeness (QED) is 0.131. The van der Waals surface area contributed by atoms with Crippen LogP contribution in [0.15, 0.2) is 364 Å². The fourth-order valence-corrected chi connectivity index (χ4v) is 19.6. The number of benzene rings is 18. The van der Waals surface area contributed by atoms with Crippen molar-refractivity contribution in [2.45, 2.75) is 6.54 Å². The summed E-state index contributed by atoms with van der Waals surface area (Å²) in [6.07, 6.45) is 8.19. The molecule has 504 valence electrons. The van der Waals surface area contributed by atoms with E-state index >= 15 is 0 Å². The molecule has 0 unspecified atom stereocenters. The van der Waals surface area contributed by atoms with Crippen LogP contribution in [0.3, 0.4) is 0 Å². The van der Waals surface area contributed by atoms with Crippen LogP contribution in [0, 0.1) is 0 Å². The maximum atomic E-state index is 4.49. The maximum absolute atomic E-state index is 4.49. The lowest BCUT2D eigenvalue weighted by molar-refractivity contribution is 0.878. The van der Waals surface area contributed by atoms with Gasteiger partial charge in [0.25, 0.3) is 0 Å². The zero-order chi connectivity index (χ0) is 70.9. The van der Waals surface area contributed by atoms with Crippen LogP contribution in [0.5, 0.6) is 0 Å². The van der Waals surface area contributed by atoms with Crippen molar-refractivity contribution < 1.29 is 0 Å². The number of pyridine rings is 1. The Kier molecular flexibility index (Phi) is 14.4. The second-order valence-corrected chi connectivity index (χ2v) is 30.8. The van der Waals surface area contributed by atoms with Crippen LogP contribution in [-0.4, -0.2) is 4.98 Å². The third kappa shape index (κ3) is 10.3. The van der Waals surface area contributed by atoms with Crippen LogP contribution in [0.1, 0.15) is 10.4 Å². The van der Waals surface area contributed by atoms with E-state index in [2.05, 4.69) is 378 Å². The molecule has 0 fully saturated rings. The lowest BCUT2D eigenvalue weighted by Crippen LogP contribution is -2.09. The molecule has 4 heterocycles. The Morgan fingerprint density at radius 1 is 0.250 bits per heavy atom. The molecule has 4 nitrogen and oxygen atoms in total. The van der Waals surface area contributed by atoms with Crippen molar-refractivity contribution in [3.8, 4) is 55.6 Å². The molecule has 0 spiro atoms. The zero-order valence-corrected chi connectivity index (χ0v) is 60.2. The van der Waals surface area contributed by atoms with Crippen molar-refractivity contribution in [1.29, 1.82) is 0 Å². The van der Waals surface area contributed by atoms with E-state index < -0.39 is 0 Å². The lowest BCUT2D eigenvalue weighted by atomic mass is 9.89. The van der Waals surface area contributed by atoms with Gasteiger partial charge in [0, 0.05) is 83.5 Å². The summed E-state index contributed by atoms with van der Waals surface area (Å²) >= 11 is 3.68. The molecule has 1 N–H and O–H groups in total. The van der Waals surface area contributed by atoms with Crippen LogP contribution in [-0.2, 0) is 6.54 Å². The Balaban J connectivity index is 0.625. The summed E-state index contributed by atoms with van der Waals surface area (Å²) in [5, 5.41) is 27.0. The minimum absolute atomic E-state index is 0.844. The SMILES string of the molecule is C1=Cc2c(sc3cc(N(c4ccc(-c5cc6ccccc6c6ccccc56)cc4)c4ccc(-c5cc6cc(-c7ccc8c(c7)c(-c7ccc(N(c9ccc(-c%10cc%11ccccc%11c%11ccccc%10%11)cc9)c9ccc%10sc%11cnccc%11c%10c9)cc7)cc7ccccc78)ccc6c6ccccc56)cc4)ccc23)CN1. The molecule has 0 amide bonds. The van der Waals surface area contributed by atoms with E-state index in [0.717, 1.165) is 51.8 Å². The van der Waals surface area contributed by atoms with Crippen molar-refractivity contribution in [1.82, 2.24) is 10.3 Å². The van der Waals surface area contributed by atoms with E-state index in [1.165, 1.54) is 171 Å². The summed E-state index contributed by atoms with van der Waals surface area (Å²) in [6, 6.07) is 129. The van der Waals surface area contributed by atoms with Crippen LogP contribution in [0.25, 0.3) is 178 Å². The van der Waals surface area contributed by atoms with E-state index in [9.17, 15) is 0 Å². The largest absolute Gasteiger partial charge is 0.386 e. The summed E-state index contributed by atoms with van der Waals surface area (Å²) in [4.78, 5) is 10.7. The Hall–Kier alpha value is -13.5. The van der Waals surface area contributed by atoms with Gasteiger partial charge in [-0.05, 0) is 281 Å². The number of hydrogen-bond donors (Lipinski definition) is 1. The minimum Gasteiger partial charge on any atom is -0.386 e. The molecule has 0 radical (unpaired) electrons. The third-order valence-electron chi connectivity index (χ3n) is 22.5. The maximum Gasteiger partial charge on any atom is 0.0538 e. The Labute approximate surface area is 631 Å². The second kappa shape index (κ2) is 25.1. The molecular weight excluding hydrogens is 1350 g/mol. The highest BCUT2D eigenvalue weighted by Gasteiger charge is 2.23. The summed E-state index contributed by atoms with van der Waals surface area (Å²) in [7, 11) is 0. The third-order valence-corrected chi connectivity index (χ3v) is 24.8. The molecule has 3 aromatic heterocycles. The molecule has 0 aliphatic carbocycles. The minimum atomic E-state index is 0.844. The predicted octanol–water partition coefficient (Wildman–Crippen LogP) is 29.2. The molecule has 1 aliphatic rings. The molecule has 0 bridgehead atoms. The van der Waals surface area contributed by atoms with Gasteiger partial charge in [0.15, 0.2) is 0 Å². The molecule has 21 aromatic rings. The summed E-state index contributed by atoms with van der Waals surface area (Å²) in [5.74, 6) is 0. The Morgan fingerprint density at radius 2 is 0.639 bits per heavy atom. The highest BCUT2D eigenvalue weighted by Crippen LogP contribution is 2.48. The number of hydrogen-bond acceptors (Lipinski definition) is 6. The summed E-state index contributed by atoms with van der Waals surface area (Å²) < 4.78 is 3.71. The van der Waals surface area contributed by atoms with E-state index in [1.54, 1.807) is 11.3 Å². The molecule has 0 saturated carbocycles. The molecule has 6 heteroatoms. The van der Waals surface area contributed by atoms with E-state index in [4.69, 9.17) is 0 Å². The average molecular weight is 1410 g/mol. The zero-order valence-electron chi connectivity index (χ0n) is 58.6. The van der Waals surface area contributed by atoms with Crippen LogP contribution in [0.2, 0.25) is 0 Å². The second-order valence-electron chi connectivity index (χ2n) is 28.5. The van der Waals surface area contributed by atoms with Crippen molar-refractivity contribution in [2.75, 3.05) is 9.80 Å². The predicted molar refractivity (Wildman–Crippen MR) is 465 cm³/mol. The lowest BCUT2D eigenvalue weighted by Gasteiger charge is -2.26. The molecule has 1 aliphatic heterocycles. The van der Waals surface area contributed by atoms with Gasteiger partial charge in [-0.25, -0.2) is 0 Å². The highest BCUT2D eigenvalue weighted by atomic mass is 32.1. The molecule has 0 atom stereocenters. The number of anilines is 6. The number of nitrogens with one attached hydrogen (secondary N) is 1. The first kappa shape index (κ1) is 61.9. The highest BCUT2D eigenvalue weighted by molar-refractivity contribution is 7.25. The first-order chi connectivity index (χ1) is 53.5. The van der Waals surface area contributed by atoms with Gasteiger partial charge in [-0.2, -0.15) is 0 Å². The van der Waals surface area contributed by atoms with E-state index in [-0.39, 0.29) is 0 Å². The molecule has 0 saturated heterocycles. The first-order valence-electron chi connectivity index (χ1n) is 37.0.